The lowest BCUT2D eigenvalue weighted by molar-refractivity contribution is 0.136. The Bertz CT molecular complexity index is 249. The van der Waals surface area contributed by atoms with Gasteiger partial charge in [0.25, 0.3) is 0 Å². The number of thiol groups is 1. The van der Waals surface area contributed by atoms with Crippen molar-refractivity contribution in [3.63, 3.8) is 0 Å². The van der Waals surface area contributed by atoms with Crippen molar-refractivity contribution in [2.45, 2.75) is 51.5 Å². The number of unbranched alkanes of at least 4 members (excludes halogenated alkanes) is 1. The number of rotatable bonds is 7. The third-order valence-electron chi connectivity index (χ3n) is 2.23. The van der Waals surface area contributed by atoms with Gasteiger partial charge in [0.15, 0.2) is 0 Å². The van der Waals surface area contributed by atoms with Crippen LogP contribution < -0.4 is 11.1 Å². The SMILES string of the molecule is CCCCC(O)N/C(C)=C/C=C(/N)C(C)S. The van der Waals surface area contributed by atoms with Crippen molar-refractivity contribution < 1.29 is 5.11 Å². The summed E-state index contributed by atoms with van der Waals surface area (Å²) >= 11 is 4.22. The van der Waals surface area contributed by atoms with Gasteiger partial charge in [-0.3, -0.25) is 0 Å². The maximum absolute atomic E-state index is 9.61. The van der Waals surface area contributed by atoms with E-state index in [1.54, 1.807) is 0 Å². The van der Waals surface area contributed by atoms with Crippen LogP contribution >= 0.6 is 12.6 Å². The van der Waals surface area contributed by atoms with Gasteiger partial charge >= 0.3 is 0 Å². The highest BCUT2D eigenvalue weighted by molar-refractivity contribution is 7.81. The Kier molecular flexibility index (Phi) is 8.21. The van der Waals surface area contributed by atoms with Crippen molar-refractivity contribution in [3.8, 4) is 0 Å². The summed E-state index contributed by atoms with van der Waals surface area (Å²) in [5.74, 6) is 0. The Morgan fingerprint density at radius 1 is 1.50 bits per heavy atom. The van der Waals surface area contributed by atoms with Crippen LogP contribution in [0.2, 0.25) is 0 Å². The number of aliphatic hydroxyl groups excluding tert-OH is 1. The van der Waals surface area contributed by atoms with E-state index in [1.807, 2.05) is 26.0 Å². The van der Waals surface area contributed by atoms with Crippen LogP contribution in [0.3, 0.4) is 0 Å². The topological polar surface area (TPSA) is 58.3 Å². The Morgan fingerprint density at radius 2 is 2.12 bits per heavy atom. The predicted octanol–water partition coefficient (Wildman–Crippen LogP) is 2.15. The average Bonchev–Trinajstić information content (AvgIpc) is 2.22. The fourth-order valence-corrected chi connectivity index (χ4v) is 1.23. The van der Waals surface area contributed by atoms with Crippen molar-refractivity contribution in [3.05, 3.63) is 23.5 Å². The molecule has 0 aromatic heterocycles. The number of nitrogens with two attached hydrogens (primary N) is 1. The second kappa shape index (κ2) is 8.53. The molecule has 2 atom stereocenters. The quantitative estimate of drug-likeness (QED) is 0.315. The van der Waals surface area contributed by atoms with Crippen LogP contribution in [-0.2, 0) is 0 Å². The summed E-state index contributed by atoms with van der Waals surface area (Å²) < 4.78 is 0. The first kappa shape index (κ1) is 15.4. The third-order valence-corrected chi connectivity index (χ3v) is 2.53. The minimum absolute atomic E-state index is 0.0501. The minimum atomic E-state index is -0.473. The average molecular weight is 244 g/mol. The van der Waals surface area contributed by atoms with Crippen molar-refractivity contribution >= 4 is 12.6 Å². The molecule has 0 saturated carbocycles. The maximum Gasteiger partial charge on any atom is 0.124 e. The minimum Gasteiger partial charge on any atom is -0.401 e. The van der Waals surface area contributed by atoms with Crippen molar-refractivity contribution in [2.75, 3.05) is 0 Å². The van der Waals surface area contributed by atoms with E-state index in [-0.39, 0.29) is 5.25 Å². The second-order valence-corrected chi connectivity index (χ2v) is 4.77. The molecule has 0 rings (SSSR count). The summed E-state index contributed by atoms with van der Waals surface area (Å²) in [6.45, 7) is 5.93. The standard InChI is InChI=1S/C12H24N2OS/c1-4-5-6-12(15)14-9(2)7-8-11(13)10(3)16/h7-8,10,12,14-16H,4-6,13H2,1-3H3/b9-7+,11-8+. The zero-order chi connectivity index (χ0) is 12.6. The van der Waals surface area contributed by atoms with E-state index < -0.39 is 6.23 Å². The van der Waals surface area contributed by atoms with Crippen LogP contribution in [0.5, 0.6) is 0 Å². The highest BCUT2D eigenvalue weighted by Gasteiger charge is 2.01. The Hall–Kier alpha value is -0.610. The molecule has 0 saturated heterocycles. The number of nitrogens with one attached hydrogen (secondary N) is 1. The van der Waals surface area contributed by atoms with Gasteiger partial charge in [0.05, 0.1) is 0 Å². The largest absolute Gasteiger partial charge is 0.401 e. The molecule has 94 valence electrons. The van der Waals surface area contributed by atoms with Gasteiger partial charge < -0.3 is 16.2 Å². The number of aliphatic hydroxyl groups is 1. The molecule has 0 amide bonds. The summed E-state index contributed by atoms with van der Waals surface area (Å²) in [4.78, 5) is 0. The molecule has 0 aromatic rings. The fraction of sp³-hybridized carbons (Fsp3) is 0.667. The van der Waals surface area contributed by atoms with Gasteiger partial charge in [-0.05, 0) is 38.8 Å². The van der Waals surface area contributed by atoms with Gasteiger partial charge in [-0.15, -0.1) is 0 Å². The molecule has 0 aromatic carbocycles. The lowest BCUT2D eigenvalue weighted by Gasteiger charge is -2.13. The van der Waals surface area contributed by atoms with Crippen LogP contribution in [0.1, 0.15) is 40.0 Å². The molecule has 0 bridgehead atoms. The van der Waals surface area contributed by atoms with Crippen LogP contribution in [0.4, 0.5) is 0 Å². The Morgan fingerprint density at radius 3 is 2.62 bits per heavy atom. The first-order chi connectivity index (χ1) is 7.47. The first-order valence-corrected chi connectivity index (χ1v) is 6.25. The lowest BCUT2D eigenvalue weighted by atomic mass is 10.2. The lowest BCUT2D eigenvalue weighted by Crippen LogP contribution is -2.26. The summed E-state index contributed by atoms with van der Waals surface area (Å²) in [7, 11) is 0. The number of allylic oxidation sites excluding steroid dienone is 3. The zero-order valence-corrected chi connectivity index (χ0v) is 11.3. The van der Waals surface area contributed by atoms with Gasteiger partial charge in [0.2, 0.25) is 0 Å². The van der Waals surface area contributed by atoms with E-state index in [0.29, 0.717) is 5.70 Å². The van der Waals surface area contributed by atoms with Gasteiger partial charge in [-0.1, -0.05) is 13.3 Å². The van der Waals surface area contributed by atoms with E-state index in [1.165, 1.54) is 0 Å². The van der Waals surface area contributed by atoms with Crippen LogP contribution in [-0.4, -0.2) is 16.6 Å². The van der Waals surface area contributed by atoms with Crippen LogP contribution in [0.15, 0.2) is 23.5 Å². The summed E-state index contributed by atoms with van der Waals surface area (Å²) in [6.07, 6.45) is 6.07. The second-order valence-electron chi connectivity index (χ2n) is 3.99. The Balaban J connectivity index is 4.09. The molecule has 0 heterocycles. The van der Waals surface area contributed by atoms with E-state index >= 15 is 0 Å². The van der Waals surface area contributed by atoms with Gasteiger partial charge in [-0.25, -0.2) is 0 Å². The van der Waals surface area contributed by atoms with Gasteiger partial charge in [0, 0.05) is 16.6 Å². The molecule has 2 unspecified atom stereocenters. The molecule has 4 N–H and O–H groups in total. The molecule has 16 heavy (non-hydrogen) atoms. The summed E-state index contributed by atoms with van der Waals surface area (Å²) in [5, 5.41) is 12.7. The molecule has 0 aliphatic carbocycles. The fourth-order valence-electron chi connectivity index (χ4n) is 1.14. The van der Waals surface area contributed by atoms with Gasteiger partial charge in [-0.2, -0.15) is 12.6 Å². The molecule has 0 spiro atoms. The molecule has 0 aliphatic heterocycles. The number of hydrogen-bond acceptors (Lipinski definition) is 4. The molecular weight excluding hydrogens is 220 g/mol. The van der Waals surface area contributed by atoms with Gasteiger partial charge in [0.1, 0.15) is 6.23 Å². The third kappa shape index (κ3) is 7.65. The smallest absolute Gasteiger partial charge is 0.124 e. The van der Waals surface area contributed by atoms with Crippen molar-refractivity contribution in [2.24, 2.45) is 5.73 Å². The zero-order valence-electron chi connectivity index (χ0n) is 10.4. The van der Waals surface area contributed by atoms with Crippen molar-refractivity contribution in [1.29, 1.82) is 0 Å². The monoisotopic (exact) mass is 244 g/mol. The predicted molar refractivity (Wildman–Crippen MR) is 73.1 cm³/mol. The highest BCUT2D eigenvalue weighted by Crippen LogP contribution is 2.04. The first-order valence-electron chi connectivity index (χ1n) is 5.74. The number of hydrogen-bond donors (Lipinski definition) is 4. The molecule has 0 radical (unpaired) electrons. The summed E-state index contributed by atoms with van der Waals surface area (Å²) in [6, 6.07) is 0. The van der Waals surface area contributed by atoms with E-state index in [4.69, 9.17) is 5.73 Å². The molecule has 0 fully saturated rings. The molecule has 4 heteroatoms. The molecular formula is C12H24N2OS. The normalized spacial score (nSPS) is 17.1. The maximum atomic E-state index is 9.61. The highest BCUT2D eigenvalue weighted by atomic mass is 32.1. The van der Waals surface area contributed by atoms with Crippen LogP contribution in [0, 0.1) is 0 Å². The van der Waals surface area contributed by atoms with Crippen molar-refractivity contribution in [1.82, 2.24) is 5.32 Å². The van der Waals surface area contributed by atoms with E-state index in [0.717, 1.165) is 25.0 Å². The Labute approximate surface area is 104 Å². The molecule has 3 nitrogen and oxygen atoms in total. The van der Waals surface area contributed by atoms with E-state index in [9.17, 15) is 5.11 Å². The summed E-state index contributed by atoms with van der Waals surface area (Å²) in [5.41, 5.74) is 7.34. The molecule has 0 aliphatic rings. The van der Waals surface area contributed by atoms with E-state index in [2.05, 4.69) is 24.9 Å². The van der Waals surface area contributed by atoms with Crippen LogP contribution in [0.25, 0.3) is 0 Å².